The molecule has 1 aromatic heterocycles. The van der Waals surface area contributed by atoms with E-state index < -0.39 is 0 Å². The van der Waals surface area contributed by atoms with Gasteiger partial charge >= 0.3 is 0 Å². The van der Waals surface area contributed by atoms with Crippen LogP contribution in [0.4, 0.5) is 11.9 Å². The number of nitrogens with two attached hydrogens (primary N) is 1. The van der Waals surface area contributed by atoms with Gasteiger partial charge < -0.3 is 15.4 Å². The molecule has 0 saturated heterocycles. The van der Waals surface area contributed by atoms with Crippen molar-refractivity contribution in [2.75, 3.05) is 31.8 Å². The molecule has 0 spiro atoms. The zero-order chi connectivity index (χ0) is 13.8. The molecule has 0 fully saturated rings. The van der Waals surface area contributed by atoms with Gasteiger partial charge in [-0.3, -0.25) is 0 Å². The van der Waals surface area contributed by atoms with Crippen LogP contribution in [0, 0.1) is 0 Å². The first-order valence-corrected chi connectivity index (χ1v) is 6.41. The number of nitrogen functional groups attached to an aromatic ring is 1. The van der Waals surface area contributed by atoms with Crippen molar-refractivity contribution in [3.8, 4) is 5.75 Å². The lowest BCUT2D eigenvalue weighted by Gasteiger charge is -2.11. The summed E-state index contributed by atoms with van der Waals surface area (Å²) >= 11 is 1.41. The summed E-state index contributed by atoms with van der Waals surface area (Å²) in [5.74, 6) is 1.54. The van der Waals surface area contributed by atoms with Gasteiger partial charge in [-0.15, -0.1) is 0 Å². The van der Waals surface area contributed by atoms with Crippen LogP contribution in [0.25, 0.3) is 0 Å². The highest BCUT2D eigenvalue weighted by atomic mass is 32.2. The van der Waals surface area contributed by atoms with E-state index in [1.807, 2.05) is 38.4 Å². The number of aromatic nitrogens is 3. The molecule has 2 N–H and O–H groups in total. The standard InChI is InChI=1S/C12H15N5OS/c1-17(2)11-14-10(13)15-12(16-11)19-9-6-4-5-8(7-9)18-3/h4-7H,1-3H3,(H2,13,14,15,16). The largest absolute Gasteiger partial charge is 0.497 e. The molecule has 1 heterocycles. The second-order valence-electron chi connectivity index (χ2n) is 3.95. The lowest BCUT2D eigenvalue weighted by atomic mass is 10.3. The number of methoxy groups -OCH3 is 1. The number of benzene rings is 1. The Morgan fingerprint density at radius 1 is 1.21 bits per heavy atom. The Balaban J connectivity index is 2.27. The van der Waals surface area contributed by atoms with Crippen molar-refractivity contribution in [2.24, 2.45) is 0 Å². The quantitative estimate of drug-likeness (QED) is 0.911. The van der Waals surface area contributed by atoms with E-state index in [1.54, 1.807) is 12.0 Å². The van der Waals surface area contributed by atoms with Crippen molar-refractivity contribution in [1.29, 1.82) is 0 Å². The van der Waals surface area contributed by atoms with Crippen LogP contribution in [-0.2, 0) is 0 Å². The molecular weight excluding hydrogens is 262 g/mol. The predicted octanol–water partition coefficient (Wildman–Crippen LogP) is 1.68. The molecule has 0 atom stereocenters. The van der Waals surface area contributed by atoms with Gasteiger partial charge in [0, 0.05) is 19.0 Å². The third-order valence-corrected chi connectivity index (χ3v) is 3.13. The van der Waals surface area contributed by atoms with Gasteiger partial charge in [-0.05, 0) is 30.0 Å². The van der Waals surface area contributed by atoms with E-state index >= 15 is 0 Å². The van der Waals surface area contributed by atoms with Gasteiger partial charge in [-0.25, -0.2) is 0 Å². The Morgan fingerprint density at radius 2 is 2.00 bits per heavy atom. The van der Waals surface area contributed by atoms with E-state index in [-0.39, 0.29) is 5.95 Å². The minimum Gasteiger partial charge on any atom is -0.497 e. The monoisotopic (exact) mass is 277 g/mol. The molecule has 0 amide bonds. The maximum Gasteiger partial charge on any atom is 0.230 e. The highest BCUT2D eigenvalue weighted by Gasteiger charge is 2.08. The molecule has 0 unspecified atom stereocenters. The molecule has 7 heteroatoms. The van der Waals surface area contributed by atoms with Gasteiger partial charge in [-0.1, -0.05) is 6.07 Å². The van der Waals surface area contributed by atoms with Gasteiger partial charge in [0.2, 0.25) is 11.9 Å². The molecule has 6 nitrogen and oxygen atoms in total. The van der Waals surface area contributed by atoms with Crippen LogP contribution < -0.4 is 15.4 Å². The Hall–Kier alpha value is -2.02. The third-order valence-electron chi connectivity index (χ3n) is 2.27. The fourth-order valence-electron chi connectivity index (χ4n) is 1.38. The number of nitrogens with zero attached hydrogens (tertiary/aromatic N) is 4. The number of rotatable bonds is 4. The molecule has 0 aliphatic heterocycles. The fraction of sp³-hybridized carbons (Fsp3) is 0.250. The van der Waals surface area contributed by atoms with E-state index in [2.05, 4.69) is 15.0 Å². The molecule has 1 aromatic carbocycles. The van der Waals surface area contributed by atoms with Gasteiger partial charge in [0.1, 0.15) is 5.75 Å². The Kier molecular flexibility index (Phi) is 4.06. The van der Waals surface area contributed by atoms with Crippen LogP contribution in [-0.4, -0.2) is 36.2 Å². The molecule has 2 rings (SSSR count). The lowest BCUT2D eigenvalue weighted by Crippen LogP contribution is -2.15. The van der Waals surface area contributed by atoms with Crippen LogP contribution in [0.1, 0.15) is 0 Å². The summed E-state index contributed by atoms with van der Waals surface area (Å²) in [4.78, 5) is 15.3. The molecule has 0 radical (unpaired) electrons. The maximum absolute atomic E-state index is 5.68. The fourth-order valence-corrected chi connectivity index (χ4v) is 2.18. The molecule has 0 aliphatic rings. The minimum atomic E-state index is 0.212. The summed E-state index contributed by atoms with van der Waals surface area (Å²) in [6.45, 7) is 0. The summed E-state index contributed by atoms with van der Waals surface area (Å²) < 4.78 is 5.18. The van der Waals surface area contributed by atoms with Crippen LogP contribution in [0.3, 0.4) is 0 Å². The first kappa shape index (κ1) is 13.4. The summed E-state index contributed by atoms with van der Waals surface area (Å²) in [7, 11) is 5.35. The van der Waals surface area contributed by atoms with Crippen molar-refractivity contribution >= 4 is 23.7 Å². The minimum absolute atomic E-state index is 0.212. The zero-order valence-corrected chi connectivity index (χ0v) is 11.8. The molecule has 19 heavy (non-hydrogen) atoms. The number of hydrogen-bond donors (Lipinski definition) is 1. The van der Waals surface area contributed by atoms with E-state index in [0.717, 1.165) is 10.6 Å². The van der Waals surface area contributed by atoms with Crippen molar-refractivity contribution in [1.82, 2.24) is 15.0 Å². The Morgan fingerprint density at radius 3 is 2.68 bits per heavy atom. The summed E-state index contributed by atoms with van der Waals surface area (Å²) in [5.41, 5.74) is 5.68. The van der Waals surface area contributed by atoms with Crippen molar-refractivity contribution in [3.63, 3.8) is 0 Å². The highest BCUT2D eigenvalue weighted by Crippen LogP contribution is 2.28. The average molecular weight is 277 g/mol. The van der Waals surface area contributed by atoms with E-state index in [0.29, 0.717) is 11.1 Å². The molecular formula is C12H15N5OS. The van der Waals surface area contributed by atoms with Crippen molar-refractivity contribution < 1.29 is 4.74 Å². The molecule has 0 bridgehead atoms. The van der Waals surface area contributed by atoms with Gasteiger partial charge in [-0.2, -0.15) is 15.0 Å². The Labute approximate surface area is 116 Å². The second kappa shape index (κ2) is 5.75. The van der Waals surface area contributed by atoms with Crippen LogP contribution in [0.5, 0.6) is 5.75 Å². The SMILES string of the molecule is COc1cccc(Sc2nc(N)nc(N(C)C)n2)c1. The first-order valence-electron chi connectivity index (χ1n) is 5.59. The van der Waals surface area contributed by atoms with Crippen molar-refractivity contribution in [3.05, 3.63) is 24.3 Å². The lowest BCUT2D eigenvalue weighted by molar-refractivity contribution is 0.413. The molecule has 0 aliphatic carbocycles. The summed E-state index contributed by atoms with van der Waals surface area (Å²) in [6, 6.07) is 7.68. The maximum atomic E-state index is 5.68. The summed E-state index contributed by atoms with van der Waals surface area (Å²) in [5, 5.41) is 0.560. The number of hydrogen-bond acceptors (Lipinski definition) is 7. The van der Waals surface area contributed by atoms with Gasteiger partial charge in [0.25, 0.3) is 0 Å². The molecule has 100 valence electrons. The van der Waals surface area contributed by atoms with Gasteiger partial charge in [0.15, 0.2) is 5.16 Å². The third kappa shape index (κ3) is 3.47. The zero-order valence-electron chi connectivity index (χ0n) is 11.0. The van der Waals surface area contributed by atoms with Crippen LogP contribution >= 0.6 is 11.8 Å². The van der Waals surface area contributed by atoms with Crippen LogP contribution in [0.2, 0.25) is 0 Å². The predicted molar refractivity (Wildman–Crippen MR) is 75.7 cm³/mol. The average Bonchev–Trinajstić information content (AvgIpc) is 2.38. The first-order chi connectivity index (χ1) is 9.08. The topological polar surface area (TPSA) is 77.2 Å². The highest BCUT2D eigenvalue weighted by molar-refractivity contribution is 7.99. The van der Waals surface area contributed by atoms with Gasteiger partial charge in [0.05, 0.1) is 7.11 Å². The van der Waals surface area contributed by atoms with E-state index in [4.69, 9.17) is 10.5 Å². The van der Waals surface area contributed by atoms with E-state index in [1.165, 1.54) is 11.8 Å². The summed E-state index contributed by atoms with van der Waals surface area (Å²) in [6.07, 6.45) is 0. The normalized spacial score (nSPS) is 10.3. The number of anilines is 2. The van der Waals surface area contributed by atoms with E-state index in [9.17, 15) is 0 Å². The second-order valence-corrected chi connectivity index (χ2v) is 4.99. The van der Waals surface area contributed by atoms with Crippen molar-refractivity contribution in [2.45, 2.75) is 10.1 Å². The Bertz CT molecular complexity index is 576. The molecule has 2 aromatic rings. The number of ether oxygens (including phenoxy) is 1. The smallest absolute Gasteiger partial charge is 0.230 e. The molecule has 0 saturated carbocycles. The van der Waals surface area contributed by atoms with Crippen LogP contribution in [0.15, 0.2) is 34.3 Å².